The molecule has 0 atom stereocenters. The number of nitrogens with zero attached hydrogens (tertiary/aromatic N) is 2. The Morgan fingerprint density at radius 1 is 1.19 bits per heavy atom. The molecule has 0 aliphatic carbocycles. The fraction of sp³-hybridized carbons (Fsp3) is 0.320. The van der Waals surface area contributed by atoms with E-state index in [9.17, 15) is 9.59 Å². The van der Waals surface area contributed by atoms with Gasteiger partial charge in [0.2, 0.25) is 0 Å². The molecule has 0 aliphatic rings. The second-order valence-electron chi connectivity index (χ2n) is 7.37. The SMILES string of the molecule is C#CCN(Cc1ccc2nc(C)[nH]c(=O)c2c1)c1ccc(C(=O)NCCC)cc1.CNC. The zero-order valence-corrected chi connectivity index (χ0v) is 19.2. The van der Waals surface area contributed by atoms with Crippen LogP contribution in [0.4, 0.5) is 5.69 Å². The number of carbonyl (C=O) groups is 1. The zero-order valence-electron chi connectivity index (χ0n) is 19.2. The molecule has 168 valence electrons. The van der Waals surface area contributed by atoms with Gasteiger partial charge < -0.3 is 20.5 Å². The quantitative estimate of drug-likeness (QED) is 0.499. The third kappa shape index (κ3) is 6.69. The summed E-state index contributed by atoms with van der Waals surface area (Å²) in [6, 6.07) is 13.0. The van der Waals surface area contributed by atoms with Crippen molar-refractivity contribution in [3.63, 3.8) is 0 Å². The smallest absolute Gasteiger partial charge is 0.258 e. The molecule has 1 amide bonds. The van der Waals surface area contributed by atoms with Crippen molar-refractivity contribution in [2.24, 2.45) is 0 Å². The Kier molecular flexibility index (Phi) is 9.45. The van der Waals surface area contributed by atoms with Gasteiger partial charge in [-0.3, -0.25) is 9.59 Å². The maximum atomic E-state index is 12.2. The molecule has 0 saturated carbocycles. The van der Waals surface area contributed by atoms with Crippen LogP contribution in [0.2, 0.25) is 0 Å². The molecule has 2 aromatic carbocycles. The predicted molar refractivity (Wildman–Crippen MR) is 131 cm³/mol. The summed E-state index contributed by atoms with van der Waals surface area (Å²) in [4.78, 5) is 33.4. The van der Waals surface area contributed by atoms with Gasteiger partial charge in [0, 0.05) is 24.3 Å². The number of fused-ring (bicyclic) bond motifs is 1. The normalized spacial score (nSPS) is 10.1. The average Bonchev–Trinajstić information content (AvgIpc) is 2.78. The molecule has 0 unspecified atom stereocenters. The number of amides is 1. The summed E-state index contributed by atoms with van der Waals surface area (Å²) in [5.41, 5.74) is 2.99. The van der Waals surface area contributed by atoms with Crippen LogP contribution in [0.1, 0.15) is 35.1 Å². The van der Waals surface area contributed by atoms with E-state index in [0.717, 1.165) is 17.7 Å². The first-order valence-electron chi connectivity index (χ1n) is 10.6. The average molecular weight is 434 g/mol. The summed E-state index contributed by atoms with van der Waals surface area (Å²) in [5.74, 6) is 3.18. The van der Waals surface area contributed by atoms with Crippen molar-refractivity contribution in [1.82, 2.24) is 20.6 Å². The summed E-state index contributed by atoms with van der Waals surface area (Å²) in [7, 11) is 3.75. The third-order valence-electron chi connectivity index (χ3n) is 4.57. The number of terminal acetylenes is 1. The van der Waals surface area contributed by atoms with E-state index in [2.05, 4.69) is 26.5 Å². The molecule has 1 aromatic heterocycles. The number of nitrogens with one attached hydrogen (secondary N) is 3. The first-order chi connectivity index (χ1) is 15.4. The van der Waals surface area contributed by atoms with E-state index in [4.69, 9.17) is 6.42 Å². The number of rotatable bonds is 7. The van der Waals surface area contributed by atoms with Crippen molar-refractivity contribution in [2.75, 3.05) is 32.1 Å². The highest BCUT2D eigenvalue weighted by Crippen LogP contribution is 2.19. The molecule has 0 aliphatic heterocycles. The minimum atomic E-state index is -0.153. The zero-order chi connectivity index (χ0) is 23.5. The lowest BCUT2D eigenvalue weighted by molar-refractivity contribution is 0.0953. The molecule has 3 aromatic rings. The highest BCUT2D eigenvalue weighted by Gasteiger charge is 2.11. The van der Waals surface area contributed by atoms with E-state index in [1.807, 2.05) is 56.3 Å². The highest BCUT2D eigenvalue weighted by atomic mass is 16.1. The van der Waals surface area contributed by atoms with Gasteiger partial charge >= 0.3 is 0 Å². The van der Waals surface area contributed by atoms with Crippen LogP contribution in [-0.2, 0) is 6.54 Å². The van der Waals surface area contributed by atoms with E-state index in [1.54, 1.807) is 19.1 Å². The van der Waals surface area contributed by atoms with Crippen LogP contribution in [-0.4, -0.2) is 43.1 Å². The molecule has 0 fully saturated rings. The van der Waals surface area contributed by atoms with Crippen molar-refractivity contribution in [3.05, 3.63) is 69.8 Å². The number of benzene rings is 2. The van der Waals surface area contributed by atoms with Gasteiger partial charge in [-0.25, -0.2) is 4.98 Å². The van der Waals surface area contributed by atoms with Crippen molar-refractivity contribution < 1.29 is 4.79 Å². The van der Waals surface area contributed by atoms with Crippen molar-refractivity contribution in [2.45, 2.75) is 26.8 Å². The standard InChI is InChI=1S/C23H24N4O2.C2H7N/c1-4-12-24-22(28)18-7-9-19(10-8-18)27(13-5-2)15-17-6-11-21-20(14-17)23(29)26-16(3)25-21;1-3-2/h2,6-11,14H,4,12-13,15H2,1,3H3,(H,24,28)(H,25,26,29);3H,1-2H3. The molecule has 0 bridgehead atoms. The van der Waals surface area contributed by atoms with Crippen molar-refractivity contribution in [1.29, 1.82) is 0 Å². The fourth-order valence-corrected chi connectivity index (χ4v) is 3.13. The predicted octanol–water partition coefficient (Wildman–Crippen LogP) is 2.85. The first-order valence-corrected chi connectivity index (χ1v) is 10.6. The molecule has 0 spiro atoms. The molecular formula is C25H31N5O2. The lowest BCUT2D eigenvalue weighted by Crippen LogP contribution is -2.25. The Labute approximate surface area is 189 Å². The molecular weight excluding hydrogens is 402 g/mol. The van der Waals surface area contributed by atoms with Crippen LogP contribution in [0.3, 0.4) is 0 Å². The molecule has 32 heavy (non-hydrogen) atoms. The van der Waals surface area contributed by atoms with Gasteiger partial charge in [-0.1, -0.05) is 18.9 Å². The lowest BCUT2D eigenvalue weighted by Gasteiger charge is -2.23. The number of hydrogen-bond acceptors (Lipinski definition) is 5. The van der Waals surface area contributed by atoms with E-state index in [-0.39, 0.29) is 11.5 Å². The fourth-order valence-electron chi connectivity index (χ4n) is 3.13. The monoisotopic (exact) mass is 433 g/mol. The van der Waals surface area contributed by atoms with E-state index >= 15 is 0 Å². The van der Waals surface area contributed by atoms with Gasteiger partial charge in [-0.15, -0.1) is 6.42 Å². The number of aromatic nitrogens is 2. The van der Waals surface area contributed by atoms with Gasteiger partial charge in [-0.2, -0.15) is 0 Å². The van der Waals surface area contributed by atoms with Gasteiger partial charge in [0.1, 0.15) is 5.82 Å². The molecule has 7 heteroatoms. The lowest BCUT2D eigenvalue weighted by atomic mass is 10.1. The van der Waals surface area contributed by atoms with Crippen LogP contribution in [0, 0.1) is 19.3 Å². The summed E-state index contributed by atoms with van der Waals surface area (Å²) in [6.45, 7) is 5.37. The molecule has 0 radical (unpaired) electrons. The number of carbonyl (C=O) groups excluding carboxylic acids is 1. The Bertz CT molecular complexity index is 1130. The van der Waals surface area contributed by atoms with Crippen LogP contribution in [0.5, 0.6) is 0 Å². The molecule has 3 rings (SSSR count). The van der Waals surface area contributed by atoms with E-state index in [1.165, 1.54) is 0 Å². The Hall–Kier alpha value is -3.63. The molecule has 3 N–H and O–H groups in total. The second kappa shape index (κ2) is 12.3. The minimum Gasteiger partial charge on any atom is -0.356 e. The Morgan fingerprint density at radius 3 is 2.50 bits per heavy atom. The molecule has 7 nitrogen and oxygen atoms in total. The van der Waals surface area contributed by atoms with Gasteiger partial charge in [0.25, 0.3) is 11.5 Å². The van der Waals surface area contributed by atoms with Crippen LogP contribution >= 0.6 is 0 Å². The molecule has 1 heterocycles. The topological polar surface area (TPSA) is 90.1 Å². The van der Waals surface area contributed by atoms with Gasteiger partial charge in [-0.05, 0) is 69.4 Å². The van der Waals surface area contributed by atoms with Crippen LogP contribution < -0.4 is 21.1 Å². The Morgan fingerprint density at radius 2 is 1.88 bits per heavy atom. The van der Waals surface area contributed by atoms with Crippen LogP contribution in [0.25, 0.3) is 10.9 Å². The molecule has 0 saturated heterocycles. The third-order valence-corrected chi connectivity index (χ3v) is 4.57. The minimum absolute atomic E-state index is 0.0848. The largest absolute Gasteiger partial charge is 0.356 e. The Balaban J connectivity index is 0.00000114. The van der Waals surface area contributed by atoms with E-state index in [0.29, 0.717) is 41.9 Å². The van der Waals surface area contributed by atoms with Gasteiger partial charge in [0.15, 0.2) is 0 Å². The van der Waals surface area contributed by atoms with E-state index < -0.39 is 0 Å². The van der Waals surface area contributed by atoms with Gasteiger partial charge in [0.05, 0.1) is 17.4 Å². The summed E-state index contributed by atoms with van der Waals surface area (Å²) >= 11 is 0. The van der Waals surface area contributed by atoms with Crippen molar-refractivity contribution in [3.8, 4) is 12.3 Å². The van der Waals surface area contributed by atoms with Crippen LogP contribution in [0.15, 0.2) is 47.3 Å². The number of H-pyrrole nitrogens is 1. The summed E-state index contributed by atoms with van der Waals surface area (Å²) < 4.78 is 0. The summed E-state index contributed by atoms with van der Waals surface area (Å²) in [5, 5.41) is 6.17. The summed E-state index contributed by atoms with van der Waals surface area (Å²) in [6.07, 6.45) is 6.46. The first kappa shape index (κ1) is 24.6. The highest BCUT2D eigenvalue weighted by molar-refractivity contribution is 5.94. The number of aromatic amines is 1. The van der Waals surface area contributed by atoms with Crippen molar-refractivity contribution >= 4 is 22.5 Å². The maximum Gasteiger partial charge on any atom is 0.258 e. The maximum absolute atomic E-state index is 12.2. The number of hydrogen-bond donors (Lipinski definition) is 3. The number of aryl methyl sites for hydroxylation is 1. The number of anilines is 1. The second-order valence-corrected chi connectivity index (χ2v) is 7.37.